The van der Waals surface area contributed by atoms with Gasteiger partial charge in [0.15, 0.2) is 0 Å². The van der Waals surface area contributed by atoms with Gasteiger partial charge in [0, 0.05) is 0 Å². The summed E-state index contributed by atoms with van der Waals surface area (Å²) in [6, 6.07) is 0. The average Bonchev–Trinajstić information content (AvgIpc) is 2.15. The van der Waals surface area contributed by atoms with E-state index >= 15 is 0 Å². The third-order valence-electron chi connectivity index (χ3n) is 2.57. The molecule has 0 aromatic carbocycles. The molecular weight excluding hydrogens is 155 g/mol. The Kier molecular flexibility index (Phi) is 4.54. The molecule has 1 atom stereocenters. The van der Waals surface area contributed by atoms with Gasteiger partial charge in [-0.05, 0) is 51.9 Å². The minimum atomic E-state index is -0.598. The fraction of sp³-hybridized carbons (Fsp3) is 1.00. The van der Waals surface area contributed by atoms with E-state index in [1.807, 2.05) is 7.05 Å². The van der Waals surface area contributed by atoms with Gasteiger partial charge in [-0.25, -0.2) is 4.39 Å². The zero-order valence-electron chi connectivity index (χ0n) is 7.78. The van der Waals surface area contributed by atoms with Crippen molar-refractivity contribution >= 4 is 0 Å². The van der Waals surface area contributed by atoms with Crippen LogP contribution in [0.25, 0.3) is 0 Å². The van der Waals surface area contributed by atoms with Crippen LogP contribution in [0.5, 0.6) is 0 Å². The summed E-state index contributed by atoms with van der Waals surface area (Å²) < 4.78 is 13.4. The van der Waals surface area contributed by atoms with Crippen LogP contribution >= 0.6 is 0 Å². The summed E-state index contributed by atoms with van der Waals surface area (Å²) in [7, 11) is 1.87. The van der Waals surface area contributed by atoms with Crippen LogP contribution in [0, 0.1) is 5.92 Å². The minimum absolute atomic E-state index is 0.305. The predicted octanol–water partition coefficient (Wildman–Crippen LogP) is 0.934. The monoisotopic (exact) mass is 174 g/mol. The molecular formula is C9H19FN2. The van der Waals surface area contributed by atoms with E-state index in [4.69, 9.17) is 0 Å². The van der Waals surface area contributed by atoms with Gasteiger partial charge in [-0.15, -0.1) is 0 Å². The second-order valence-electron chi connectivity index (χ2n) is 3.50. The van der Waals surface area contributed by atoms with E-state index < -0.39 is 6.17 Å². The average molecular weight is 174 g/mol. The van der Waals surface area contributed by atoms with E-state index in [9.17, 15) is 4.39 Å². The molecule has 0 bridgehead atoms. The lowest BCUT2D eigenvalue weighted by Crippen LogP contribution is -2.33. The molecule has 0 aliphatic carbocycles. The summed E-state index contributed by atoms with van der Waals surface area (Å²) in [5, 5.41) is 6.23. The Bertz CT molecular complexity index is 113. The number of halogens is 1. The number of hydrogen-bond donors (Lipinski definition) is 2. The first-order valence-electron chi connectivity index (χ1n) is 4.84. The highest BCUT2D eigenvalue weighted by molar-refractivity contribution is 4.75. The van der Waals surface area contributed by atoms with Gasteiger partial charge in [0.1, 0.15) is 6.17 Å². The first kappa shape index (κ1) is 9.93. The van der Waals surface area contributed by atoms with Crippen LogP contribution < -0.4 is 10.6 Å². The van der Waals surface area contributed by atoms with E-state index in [-0.39, 0.29) is 0 Å². The molecule has 1 heterocycles. The molecule has 1 saturated heterocycles. The maximum Gasteiger partial charge on any atom is 0.104 e. The number of alkyl halides is 1. The minimum Gasteiger partial charge on any atom is -0.320 e. The van der Waals surface area contributed by atoms with Crippen LogP contribution in [0.2, 0.25) is 0 Å². The lowest BCUT2D eigenvalue weighted by Gasteiger charge is -2.25. The molecule has 12 heavy (non-hydrogen) atoms. The molecule has 0 aromatic rings. The summed E-state index contributed by atoms with van der Waals surface area (Å²) in [5.41, 5.74) is 0. The lowest BCUT2D eigenvalue weighted by atomic mass is 9.91. The smallest absolute Gasteiger partial charge is 0.104 e. The van der Waals surface area contributed by atoms with Crippen LogP contribution in [0.4, 0.5) is 4.39 Å². The topological polar surface area (TPSA) is 24.1 Å². The second kappa shape index (κ2) is 5.49. The van der Waals surface area contributed by atoms with E-state index in [1.54, 1.807) is 0 Å². The van der Waals surface area contributed by atoms with Crippen LogP contribution in [-0.2, 0) is 0 Å². The summed E-state index contributed by atoms with van der Waals surface area (Å²) in [6.45, 7) is 2.78. The van der Waals surface area contributed by atoms with Crippen LogP contribution in [0.15, 0.2) is 0 Å². The van der Waals surface area contributed by atoms with Crippen molar-refractivity contribution in [1.29, 1.82) is 0 Å². The number of rotatable bonds is 4. The molecule has 1 fully saturated rings. The normalized spacial score (nSPS) is 22.5. The van der Waals surface area contributed by atoms with Crippen molar-refractivity contribution in [3.63, 3.8) is 0 Å². The van der Waals surface area contributed by atoms with Crippen molar-refractivity contribution in [3.8, 4) is 0 Å². The summed E-state index contributed by atoms with van der Waals surface area (Å²) in [5.74, 6) is 0.305. The highest BCUT2D eigenvalue weighted by Gasteiger charge is 2.22. The van der Waals surface area contributed by atoms with Crippen molar-refractivity contribution in [2.24, 2.45) is 5.92 Å². The van der Waals surface area contributed by atoms with Gasteiger partial charge in [-0.1, -0.05) is 0 Å². The van der Waals surface area contributed by atoms with Crippen molar-refractivity contribution in [2.75, 3.05) is 26.7 Å². The molecule has 1 aliphatic rings. The third-order valence-corrected chi connectivity index (χ3v) is 2.57. The van der Waals surface area contributed by atoms with Crippen LogP contribution in [0.3, 0.4) is 0 Å². The fourth-order valence-electron chi connectivity index (χ4n) is 1.72. The van der Waals surface area contributed by atoms with Crippen LogP contribution in [-0.4, -0.2) is 32.9 Å². The molecule has 0 spiro atoms. The van der Waals surface area contributed by atoms with Crippen molar-refractivity contribution in [2.45, 2.75) is 25.4 Å². The van der Waals surface area contributed by atoms with E-state index in [0.29, 0.717) is 12.3 Å². The first-order valence-corrected chi connectivity index (χ1v) is 4.84. The van der Waals surface area contributed by atoms with Gasteiger partial charge < -0.3 is 10.6 Å². The molecule has 0 aromatic heterocycles. The molecule has 3 heteroatoms. The van der Waals surface area contributed by atoms with E-state index in [0.717, 1.165) is 32.5 Å². The molecule has 1 aliphatic heterocycles. The van der Waals surface area contributed by atoms with E-state index in [2.05, 4.69) is 10.6 Å². The first-order chi connectivity index (χ1) is 5.84. The molecule has 0 radical (unpaired) electrons. The summed E-state index contributed by atoms with van der Waals surface area (Å²) in [6.07, 6.45) is 2.08. The summed E-state index contributed by atoms with van der Waals surface area (Å²) >= 11 is 0. The molecule has 0 amide bonds. The fourth-order valence-corrected chi connectivity index (χ4v) is 1.72. The quantitative estimate of drug-likeness (QED) is 0.662. The Labute approximate surface area is 73.9 Å². The maximum atomic E-state index is 13.4. The molecule has 1 unspecified atom stereocenters. The predicted molar refractivity (Wildman–Crippen MR) is 49.0 cm³/mol. The molecule has 2 N–H and O–H groups in total. The van der Waals surface area contributed by atoms with Gasteiger partial charge in [-0.2, -0.15) is 0 Å². The van der Waals surface area contributed by atoms with Gasteiger partial charge in [-0.3, -0.25) is 0 Å². The number of hydrogen-bond acceptors (Lipinski definition) is 2. The maximum absolute atomic E-state index is 13.4. The Morgan fingerprint density at radius 1 is 1.50 bits per heavy atom. The Morgan fingerprint density at radius 3 is 2.75 bits per heavy atom. The lowest BCUT2D eigenvalue weighted by molar-refractivity contribution is 0.177. The number of nitrogens with one attached hydrogen (secondary N) is 2. The zero-order chi connectivity index (χ0) is 8.81. The van der Waals surface area contributed by atoms with Gasteiger partial charge in [0.2, 0.25) is 0 Å². The Hall–Kier alpha value is -0.150. The van der Waals surface area contributed by atoms with Gasteiger partial charge in [0.05, 0.1) is 0 Å². The SMILES string of the molecule is CNCCC(F)C1CCNCC1. The van der Waals surface area contributed by atoms with Gasteiger partial charge in [0.25, 0.3) is 0 Å². The summed E-state index contributed by atoms with van der Waals surface area (Å²) in [4.78, 5) is 0. The highest BCUT2D eigenvalue weighted by atomic mass is 19.1. The Balaban J connectivity index is 2.15. The van der Waals surface area contributed by atoms with Crippen LogP contribution in [0.1, 0.15) is 19.3 Å². The molecule has 72 valence electrons. The van der Waals surface area contributed by atoms with Crippen molar-refractivity contribution < 1.29 is 4.39 Å². The Morgan fingerprint density at radius 2 is 2.17 bits per heavy atom. The third kappa shape index (κ3) is 3.07. The van der Waals surface area contributed by atoms with Crippen molar-refractivity contribution in [1.82, 2.24) is 10.6 Å². The molecule has 0 saturated carbocycles. The molecule has 2 nitrogen and oxygen atoms in total. The standard InChI is InChI=1S/C9H19FN2/c1-11-5-4-9(10)8-2-6-12-7-3-8/h8-9,11-12H,2-7H2,1H3. The van der Waals surface area contributed by atoms with E-state index in [1.165, 1.54) is 0 Å². The zero-order valence-corrected chi connectivity index (χ0v) is 7.78. The molecule has 1 rings (SSSR count). The largest absolute Gasteiger partial charge is 0.320 e. The van der Waals surface area contributed by atoms with Gasteiger partial charge >= 0.3 is 0 Å². The highest BCUT2D eigenvalue weighted by Crippen LogP contribution is 2.20. The van der Waals surface area contributed by atoms with Crippen molar-refractivity contribution in [3.05, 3.63) is 0 Å². The second-order valence-corrected chi connectivity index (χ2v) is 3.50. The number of piperidine rings is 1.